The highest BCUT2D eigenvalue weighted by Crippen LogP contribution is 2.26. The molecule has 0 amide bonds. The average Bonchev–Trinajstić information content (AvgIpc) is 2.91. The number of hydrogen-bond acceptors (Lipinski definition) is 4. The number of para-hydroxylation sites is 1. The Balaban J connectivity index is 2.21. The van der Waals surface area contributed by atoms with Crippen LogP contribution in [0.25, 0.3) is 17.1 Å². The molecule has 0 saturated heterocycles. The van der Waals surface area contributed by atoms with E-state index in [1.807, 2.05) is 19.1 Å². The summed E-state index contributed by atoms with van der Waals surface area (Å²) in [7, 11) is 0. The van der Waals surface area contributed by atoms with Gasteiger partial charge in [0.1, 0.15) is 11.5 Å². The molecule has 0 bridgehead atoms. The van der Waals surface area contributed by atoms with E-state index in [0.29, 0.717) is 17.2 Å². The van der Waals surface area contributed by atoms with Crippen LogP contribution in [0.3, 0.4) is 0 Å². The highest BCUT2D eigenvalue weighted by Gasteiger charge is 2.15. The number of nitrogens with zero attached hydrogens (tertiary/aromatic N) is 4. The molecule has 6 heteroatoms. The summed E-state index contributed by atoms with van der Waals surface area (Å²) in [5.41, 5.74) is 8.47. The lowest BCUT2D eigenvalue weighted by atomic mass is 10.1. The predicted octanol–water partition coefficient (Wildman–Crippen LogP) is 2.36. The molecule has 3 aromatic rings. The second-order valence-corrected chi connectivity index (χ2v) is 4.39. The minimum atomic E-state index is -0.386. The molecule has 3 rings (SSSR count). The van der Waals surface area contributed by atoms with Crippen molar-refractivity contribution in [2.45, 2.75) is 6.92 Å². The van der Waals surface area contributed by atoms with Crippen LogP contribution in [0.1, 0.15) is 5.56 Å². The minimum absolute atomic E-state index is 0.300. The third kappa shape index (κ3) is 1.91. The van der Waals surface area contributed by atoms with E-state index in [-0.39, 0.29) is 5.82 Å². The molecule has 0 aliphatic carbocycles. The van der Waals surface area contributed by atoms with Crippen molar-refractivity contribution >= 4 is 5.69 Å². The molecule has 0 saturated carbocycles. The molecule has 2 N–H and O–H groups in total. The maximum Gasteiger partial charge on any atom is 0.187 e. The molecule has 0 fully saturated rings. The van der Waals surface area contributed by atoms with Gasteiger partial charge in [0.2, 0.25) is 0 Å². The topological polar surface area (TPSA) is 69.6 Å². The monoisotopic (exact) mass is 269 g/mol. The quantitative estimate of drug-likeness (QED) is 0.725. The van der Waals surface area contributed by atoms with Crippen LogP contribution in [0.5, 0.6) is 0 Å². The van der Waals surface area contributed by atoms with Crippen LogP contribution < -0.4 is 5.73 Å². The zero-order chi connectivity index (χ0) is 14.1. The van der Waals surface area contributed by atoms with Crippen molar-refractivity contribution in [2.24, 2.45) is 0 Å². The van der Waals surface area contributed by atoms with Gasteiger partial charge in [-0.15, -0.1) is 5.10 Å². The molecule has 1 aromatic heterocycles. The van der Waals surface area contributed by atoms with Crippen molar-refractivity contribution in [3.63, 3.8) is 0 Å². The highest BCUT2D eigenvalue weighted by atomic mass is 19.1. The normalized spacial score (nSPS) is 10.7. The first kappa shape index (κ1) is 12.3. The van der Waals surface area contributed by atoms with Gasteiger partial charge >= 0.3 is 0 Å². The highest BCUT2D eigenvalue weighted by molar-refractivity contribution is 5.68. The van der Waals surface area contributed by atoms with Gasteiger partial charge in [0.25, 0.3) is 0 Å². The van der Waals surface area contributed by atoms with Crippen LogP contribution in [0.15, 0.2) is 42.5 Å². The molecule has 20 heavy (non-hydrogen) atoms. The molecule has 2 aromatic carbocycles. The fraction of sp³-hybridized carbons (Fsp3) is 0.0714. The largest absolute Gasteiger partial charge is 0.398 e. The van der Waals surface area contributed by atoms with Crippen LogP contribution >= 0.6 is 0 Å². The van der Waals surface area contributed by atoms with Gasteiger partial charge in [-0.1, -0.05) is 24.3 Å². The second kappa shape index (κ2) is 4.73. The Morgan fingerprint density at radius 2 is 1.90 bits per heavy atom. The van der Waals surface area contributed by atoms with Crippen molar-refractivity contribution in [1.29, 1.82) is 0 Å². The number of aromatic nitrogens is 4. The SMILES string of the molecule is Cc1c(N)cccc1-c1nnnn1-c1ccccc1F. The summed E-state index contributed by atoms with van der Waals surface area (Å²) in [5, 5.41) is 11.5. The Morgan fingerprint density at radius 1 is 1.10 bits per heavy atom. The Bertz CT molecular complexity index is 766. The average molecular weight is 269 g/mol. The number of anilines is 1. The maximum absolute atomic E-state index is 13.9. The number of halogens is 1. The zero-order valence-electron chi connectivity index (χ0n) is 10.8. The standard InChI is InChI=1S/C14H12FN5/c1-9-10(5-4-7-12(9)16)14-17-18-19-20(14)13-8-3-2-6-11(13)15/h2-8H,16H2,1H3. The lowest BCUT2D eigenvalue weighted by Gasteiger charge is -2.09. The molecule has 0 radical (unpaired) electrons. The summed E-state index contributed by atoms with van der Waals surface area (Å²) in [6.07, 6.45) is 0. The number of hydrogen-bond donors (Lipinski definition) is 1. The van der Waals surface area contributed by atoms with E-state index in [2.05, 4.69) is 15.5 Å². The molecule has 0 unspecified atom stereocenters. The Kier molecular flexibility index (Phi) is 2.90. The fourth-order valence-corrected chi connectivity index (χ4v) is 2.04. The molecule has 1 heterocycles. The zero-order valence-corrected chi connectivity index (χ0v) is 10.8. The molecule has 100 valence electrons. The van der Waals surface area contributed by atoms with Crippen molar-refractivity contribution < 1.29 is 4.39 Å². The third-order valence-electron chi connectivity index (χ3n) is 3.17. The van der Waals surface area contributed by atoms with Crippen LogP contribution in [-0.4, -0.2) is 20.2 Å². The van der Waals surface area contributed by atoms with Gasteiger partial charge in [-0.05, 0) is 41.1 Å². The molecule has 0 spiro atoms. The maximum atomic E-state index is 13.9. The van der Waals surface area contributed by atoms with Crippen molar-refractivity contribution in [3.8, 4) is 17.1 Å². The summed E-state index contributed by atoms with van der Waals surface area (Å²) >= 11 is 0. The van der Waals surface area contributed by atoms with E-state index in [0.717, 1.165) is 11.1 Å². The van der Waals surface area contributed by atoms with Crippen molar-refractivity contribution in [3.05, 3.63) is 53.8 Å². The number of benzene rings is 2. The summed E-state index contributed by atoms with van der Waals surface area (Å²) in [6.45, 7) is 1.88. The smallest absolute Gasteiger partial charge is 0.187 e. The van der Waals surface area contributed by atoms with E-state index < -0.39 is 0 Å². The van der Waals surface area contributed by atoms with Gasteiger partial charge in [-0.2, -0.15) is 4.68 Å². The van der Waals surface area contributed by atoms with E-state index in [9.17, 15) is 4.39 Å². The number of tetrazole rings is 1. The summed E-state index contributed by atoms with van der Waals surface area (Å²) in [5.74, 6) is 0.0718. The Hall–Kier alpha value is -2.76. The molecule has 0 aliphatic heterocycles. The van der Waals surface area contributed by atoms with Crippen molar-refractivity contribution in [2.75, 3.05) is 5.73 Å². The molecule has 0 aliphatic rings. The van der Waals surface area contributed by atoms with Gasteiger partial charge in [0.15, 0.2) is 5.82 Å². The molecule has 0 atom stereocenters. The Labute approximate surface area is 114 Å². The second-order valence-electron chi connectivity index (χ2n) is 4.39. The first-order valence-corrected chi connectivity index (χ1v) is 6.07. The van der Waals surface area contributed by atoms with Gasteiger partial charge in [0, 0.05) is 11.3 Å². The van der Waals surface area contributed by atoms with Crippen LogP contribution in [-0.2, 0) is 0 Å². The van der Waals surface area contributed by atoms with Gasteiger partial charge < -0.3 is 5.73 Å². The number of rotatable bonds is 2. The number of nitrogen functional groups attached to an aromatic ring is 1. The number of nitrogens with two attached hydrogens (primary N) is 1. The molecule has 5 nitrogen and oxygen atoms in total. The van der Waals surface area contributed by atoms with Crippen LogP contribution in [0, 0.1) is 12.7 Å². The van der Waals surface area contributed by atoms with E-state index in [1.165, 1.54) is 10.7 Å². The van der Waals surface area contributed by atoms with Gasteiger partial charge in [-0.25, -0.2) is 4.39 Å². The summed E-state index contributed by atoms with van der Waals surface area (Å²) in [6, 6.07) is 11.8. The summed E-state index contributed by atoms with van der Waals surface area (Å²) < 4.78 is 15.3. The van der Waals surface area contributed by atoms with Crippen molar-refractivity contribution in [1.82, 2.24) is 20.2 Å². The first-order chi connectivity index (χ1) is 9.68. The van der Waals surface area contributed by atoms with E-state index in [4.69, 9.17) is 5.73 Å². The molecular weight excluding hydrogens is 257 g/mol. The van der Waals surface area contributed by atoms with Crippen LogP contribution in [0.2, 0.25) is 0 Å². The lowest BCUT2D eigenvalue weighted by Crippen LogP contribution is -2.04. The third-order valence-corrected chi connectivity index (χ3v) is 3.17. The van der Waals surface area contributed by atoms with Gasteiger partial charge in [0.05, 0.1) is 0 Å². The fourth-order valence-electron chi connectivity index (χ4n) is 2.04. The van der Waals surface area contributed by atoms with E-state index in [1.54, 1.807) is 24.3 Å². The van der Waals surface area contributed by atoms with E-state index >= 15 is 0 Å². The van der Waals surface area contributed by atoms with Crippen LogP contribution in [0.4, 0.5) is 10.1 Å². The Morgan fingerprint density at radius 3 is 2.70 bits per heavy atom. The first-order valence-electron chi connectivity index (χ1n) is 6.07. The summed E-state index contributed by atoms with van der Waals surface area (Å²) in [4.78, 5) is 0. The van der Waals surface area contributed by atoms with Gasteiger partial charge in [-0.3, -0.25) is 0 Å². The minimum Gasteiger partial charge on any atom is -0.398 e. The lowest BCUT2D eigenvalue weighted by molar-refractivity contribution is 0.608. The predicted molar refractivity (Wildman–Crippen MR) is 73.7 cm³/mol. The molecular formula is C14H12FN5.